The Balaban J connectivity index is 1.90. The van der Waals surface area contributed by atoms with Gasteiger partial charge in [0.15, 0.2) is 0 Å². The van der Waals surface area contributed by atoms with Gasteiger partial charge in [-0.2, -0.15) is 0 Å². The zero-order valence-corrected chi connectivity index (χ0v) is 13.1. The Labute approximate surface area is 130 Å². The Morgan fingerprint density at radius 1 is 1.10 bits per heavy atom. The number of benzene rings is 1. The van der Waals surface area contributed by atoms with Crippen molar-refractivity contribution < 1.29 is 0 Å². The van der Waals surface area contributed by atoms with Crippen molar-refractivity contribution in [2.45, 2.75) is 6.54 Å². The highest BCUT2D eigenvalue weighted by Gasteiger charge is 2.01. The van der Waals surface area contributed by atoms with Gasteiger partial charge >= 0.3 is 0 Å². The summed E-state index contributed by atoms with van der Waals surface area (Å²) in [6, 6.07) is 9.66. The molecule has 0 spiro atoms. The standard InChI is InChI=1S/C15H20ClN5/c1-21(2)8-7-17-14-9-15(20-11-19-14)18-10-12-5-3-4-6-13(12)16/h3-6,9,11H,7-8,10H2,1-2H3,(H2,17,18,19,20). The zero-order valence-electron chi connectivity index (χ0n) is 12.3. The molecule has 0 saturated carbocycles. The first-order valence-electron chi connectivity index (χ1n) is 6.83. The average Bonchev–Trinajstić information content (AvgIpc) is 2.46. The van der Waals surface area contributed by atoms with Gasteiger partial charge in [-0.25, -0.2) is 9.97 Å². The van der Waals surface area contributed by atoms with E-state index in [0.29, 0.717) is 6.54 Å². The van der Waals surface area contributed by atoms with Crippen LogP contribution in [0.5, 0.6) is 0 Å². The summed E-state index contributed by atoms with van der Waals surface area (Å²) < 4.78 is 0. The minimum Gasteiger partial charge on any atom is -0.369 e. The van der Waals surface area contributed by atoms with Gasteiger partial charge in [-0.3, -0.25) is 0 Å². The lowest BCUT2D eigenvalue weighted by Gasteiger charge is -2.12. The lowest BCUT2D eigenvalue weighted by molar-refractivity contribution is 0.425. The maximum absolute atomic E-state index is 6.13. The average molecular weight is 306 g/mol. The van der Waals surface area contributed by atoms with Gasteiger partial charge in [0.2, 0.25) is 0 Å². The van der Waals surface area contributed by atoms with E-state index >= 15 is 0 Å². The highest BCUT2D eigenvalue weighted by molar-refractivity contribution is 6.31. The molecule has 0 saturated heterocycles. The lowest BCUT2D eigenvalue weighted by Crippen LogP contribution is -2.21. The molecule has 21 heavy (non-hydrogen) atoms. The summed E-state index contributed by atoms with van der Waals surface area (Å²) in [5.74, 6) is 1.59. The normalized spacial score (nSPS) is 10.7. The number of halogens is 1. The second kappa shape index (κ2) is 7.81. The third kappa shape index (κ3) is 5.21. The molecule has 2 rings (SSSR count). The Hall–Kier alpha value is -1.85. The Morgan fingerprint density at radius 2 is 1.81 bits per heavy atom. The monoisotopic (exact) mass is 305 g/mol. The number of aromatic nitrogens is 2. The Bertz CT molecular complexity index is 573. The lowest BCUT2D eigenvalue weighted by atomic mass is 10.2. The maximum atomic E-state index is 6.13. The first-order chi connectivity index (χ1) is 10.1. The molecule has 2 N–H and O–H groups in total. The van der Waals surface area contributed by atoms with Crippen molar-refractivity contribution in [3.8, 4) is 0 Å². The molecule has 0 aliphatic heterocycles. The van der Waals surface area contributed by atoms with Crippen LogP contribution in [0.2, 0.25) is 5.02 Å². The molecule has 0 atom stereocenters. The fraction of sp³-hybridized carbons (Fsp3) is 0.333. The Kier molecular flexibility index (Phi) is 5.78. The summed E-state index contributed by atoms with van der Waals surface area (Å²) in [6.45, 7) is 2.42. The zero-order chi connectivity index (χ0) is 15.1. The van der Waals surface area contributed by atoms with Crippen LogP contribution < -0.4 is 10.6 Å². The fourth-order valence-corrected chi connectivity index (χ4v) is 1.99. The van der Waals surface area contributed by atoms with Crippen molar-refractivity contribution in [2.24, 2.45) is 0 Å². The van der Waals surface area contributed by atoms with Crippen LogP contribution >= 0.6 is 11.6 Å². The van der Waals surface area contributed by atoms with Crippen molar-refractivity contribution in [3.05, 3.63) is 47.2 Å². The molecule has 0 aliphatic rings. The first kappa shape index (κ1) is 15.5. The molecule has 0 amide bonds. The van der Waals surface area contributed by atoms with Crippen LogP contribution in [0.3, 0.4) is 0 Å². The van der Waals surface area contributed by atoms with Crippen molar-refractivity contribution in [1.29, 1.82) is 0 Å². The van der Waals surface area contributed by atoms with Crippen molar-refractivity contribution in [3.63, 3.8) is 0 Å². The quantitative estimate of drug-likeness (QED) is 0.824. The molecule has 0 unspecified atom stereocenters. The van der Waals surface area contributed by atoms with Gasteiger partial charge in [0.1, 0.15) is 18.0 Å². The largest absolute Gasteiger partial charge is 0.369 e. The highest BCUT2D eigenvalue weighted by Crippen LogP contribution is 2.16. The smallest absolute Gasteiger partial charge is 0.131 e. The van der Waals surface area contributed by atoms with E-state index in [4.69, 9.17) is 11.6 Å². The van der Waals surface area contributed by atoms with Crippen LogP contribution in [-0.4, -0.2) is 42.1 Å². The van der Waals surface area contributed by atoms with Crippen molar-refractivity contribution in [2.75, 3.05) is 37.8 Å². The maximum Gasteiger partial charge on any atom is 0.131 e. The molecule has 112 valence electrons. The minimum atomic E-state index is 0.633. The summed E-state index contributed by atoms with van der Waals surface area (Å²) in [6.07, 6.45) is 1.55. The molecule has 0 aliphatic carbocycles. The third-order valence-electron chi connectivity index (χ3n) is 2.95. The van der Waals surface area contributed by atoms with E-state index in [0.717, 1.165) is 35.3 Å². The van der Waals surface area contributed by atoms with E-state index in [1.807, 2.05) is 44.4 Å². The molecule has 0 fully saturated rings. The van der Waals surface area contributed by atoms with Crippen LogP contribution in [0, 0.1) is 0 Å². The number of rotatable bonds is 7. The van der Waals surface area contributed by atoms with Crippen LogP contribution in [0.1, 0.15) is 5.56 Å². The van der Waals surface area contributed by atoms with Crippen LogP contribution in [0.4, 0.5) is 11.6 Å². The summed E-state index contributed by atoms with van der Waals surface area (Å²) >= 11 is 6.13. The van der Waals surface area contributed by atoms with E-state index in [1.165, 1.54) is 0 Å². The number of nitrogens with zero attached hydrogens (tertiary/aromatic N) is 3. The van der Waals surface area contributed by atoms with Gasteiger partial charge in [0.25, 0.3) is 0 Å². The first-order valence-corrected chi connectivity index (χ1v) is 7.21. The van der Waals surface area contributed by atoms with Crippen molar-refractivity contribution in [1.82, 2.24) is 14.9 Å². The second-order valence-electron chi connectivity index (χ2n) is 4.96. The predicted octanol–water partition coefficient (Wildman–Crippen LogP) is 2.72. The summed E-state index contributed by atoms with van der Waals surface area (Å²) in [5, 5.41) is 7.28. The van der Waals surface area contributed by atoms with Gasteiger partial charge in [-0.05, 0) is 25.7 Å². The van der Waals surface area contributed by atoms with Gasteiger partial charge < -0.3 is 15.5 Å². The number of anilines is 2. The summed E-state index contributed by atoms with van der Waals surface area (Å²) in [5.41, 5.74) is 1.04. The molecule has 0 radical (unpaired) electrons. The number of hydrogen-bond acceptors (Lipinski definition) is 5. The Morgan fingerprint density at radius 3 is 2.52 bits per heavy atom. The van der Waals surface area contributed by atoms with Gasteiger partial charge in [-0.1, -0.05) is 29.8 Å². The van der Waals surface area contributed by atoms with Crippen LogP contribution in [0.25, 0.3) is 0 Å². The third-order valence-corrected chi connectivity index (χ3v) is 3.32. The minimum absolute atomic E-state index is 0.633. The second-order valence-corrected chi connectivity index (χ2v) is 5.37. The number of hydrogen-bond donors (Lipinski definition) is 2. The number of likely N-dealkylation sites (N-methyl/N-ethyl adjacent to an activating group) is 1. The van der Waals surface area contributed by atoms with E-state index in [-0.39, 0.29) is 0 Å². The molecule has 6 heteroatoms. The number of nitrogens with one attached hydrogen (secondary N) is 2. The van der Waals surface area contributed by atoms with E-state index in [2.05, 4.69) is 25.5 Å². The molecule has 2 aromatic rings. The molecular weight excluding hydrogens is 286 g/mol. The topological polar surface area (TPSA) is 53.1 Å². The molecule has 1 aromatic heterocycles. The molecule has 1 heterocycles. The van der Waals surface area contributed by atoms with Crippen LogP contribution in [0.15, 0.2) is 36.7 Å². The molecular formula is C15H20ClN5. The van der Waals surface area contributed by atoms with E-state index in [1.54, 1.807) is 6.33 Å². The van der Waals surface area contributed by atoms with Gasteiger partial charge in [0, 0.05) is 30.7 Å². The van der Waals surface area contributed by atoms with Gasteiger partial charge in [-0.15, -0.1) is 0 Å². The van der Waals surface area contributed by atoms with Crippen molar-refractivity contribution >= 4 is 23.2 Å². The molecule has 1 aromatic carbocycles. The molecule has 5 nitrogen and oxygen atoms in total. The molecule has 0 bridgehead atoms. The fourth-order valence-electron chi connectivity index (χ4n) is 1.79. The summed E-state index contributed by atoms with van der Waals surface area (Å²) in [4.78, 5) is 10.5. The van der Waals surface area contributed by atoms with Gasteiger partial charge in [0.05, 0.1) is 0 Å². The van der Waals surface area contributed by atoms with Crippen LogP contribution in [-0.2, 0) is 6.54 Å². The SMILES string of the molecule is CN(C)CCNc1cc(NCc2ccccc2Cl)ncn1. The van der Waals surface area contributed by atoms with E-state index < -0.39 is 0 Å². The predicted molar refractivity (Wildman–Crippen MR) is 87.9 cm³/mol. The highest BCUT2D eigenvalue weighted by atomic mass is 35.5. The summed E-state index contributed by atoms with van der Waals surface area (Å²) in [7, 11) is 4.08. The van der Waals surface area contributed by atoms with E-state index in [9.17, 15) is 0 Å².